The van der Waals surface area contributed by atoms with Gasteiger partial charge in [0.05, 0.1) is 0 Å². The zero-order valence-electron chi connectivity index (χ0n) is 7.68. The molecule has 2 fully saturated rings. The lowest BCUT2D eigenvalue weighted by Crippen LogP contribution is -2.28. The van der Waals surface area contributed by atoms with Crippen molar-refractivity contribution in [2.24, 2.45) is 17.8 Å². The molecular weight excluding hydrogens is 132 g/mol. The molecule has 0 heteroatoms. The molecule has 0 aromatic rings. The number of fused-ring (bicyclic) bond motifs is 2. The van der Waals surface area contributed by atoms with Crippen LogP contribution in [-0.2, 0) is 0 Å². The van der Waals surface area contributed by atoms with E-state index in [1.165, 1.54) is 12.8 Å². The molecule has 0 aliphatic heterocycles. The molecule has 11 heavy (non-hydrogen) atoms. The predicted molar refractivity (Wildman–Crippen MR) is 48.5 cm³/mol. The Balaban J connectivity index is 1.97. The van der Waals surface area contributed by atoms with Crippen LogP contribution in [0.15, 0.2) is 0 Å². The highest BCUT2D eigenvalue weighted by atomic mass is 14.4. The topological polar surface area (TPSA) is 0 Å². The van der Waals surface area contributed by atoms with Crippen LogP contribution in [-0.4, -0.2) is 0 Å². The quantitative estimate of drug-likeness (QED) is 0.538. The first kappa shape index (κ1) is 7.64. The van der Waals surface area contributed by atoms with Crippen LogP contribution in [0.4, 0.5) is 0 Å². The van der Waals surface area contributed by atoms with E-state index in [1.807, 2.05) is 0 Å². The summed E-state index contributed by atoms with van der Waals surface area (Å²) in [6, 6.07) is 0. The summed E-state index contributed by atoms with van der Waals surface area (Å²) in [5.74, 6) is 3.37. The fraction of sp³-hybridized carbons (Fsp3) is 1.00. The van der Waals surface area contributed by atoms with Crippen LogP contribution in [0.25, 0.3) is 0 Å². The van der Waals surface area contributed by atoms with Crippen molar-refractivity contribution >= 4 is 0 Å². The second-order valence-corrected chi connectivity index (χ2v) is 4.54. The minimum absolute atomic E-state index is 1.10. The molecule has 2 bridgehead atoms. The summed E-state index contributed by atoms with van der Waals surface area (Å²) in [6.07, 6.45) is 10.8. The fourth-order valence-corrected chi connectivity index (χ4v) is 3.25. The van der Waals surface area contributed by atoms with E-state index in [1.54, 1.807) is 32.1 Å². The van der Waals surface area contributed by atoms with Gasteiger partial charge in [0.15, 0.2) is 0 Å². The van der Waals surface area contributed by atoms with Gasteiger partial charge in [-0.25, -0.2) is 0 Å². The van der Waals surface area contributed by atoms with Crippen LogP contribution in [0.5, 0.6) is 0 Å². The molecule has 1 unspecified atom stereocenters. The van der Waals surface area contributed by atoms with Gasteiger partial charge < -0.3 is 0 Å². The molecule has 0 nitrogen and oxygen atoms in total. The molecule has 64 valence electrons. The Morgan fingerprint density at radius 1 is 1.09 bits per heavy atom. The van der Waals surface area contributed by atoms with E-state index < -0.39 is 0 Å². The molecule has 0 heterocycles. The third kappa shape index (κ3) is 1.45. The number of rotatable bonds is 1. The Morgan fingerprint density at radius 2 is 2.00 bits per heavy atom. The van der Waals surface area contributed by atoms with E-state index in [0.717, 1.165) is 17.8 Å². The Hall–Kier alpha value is 0. The van der Waals surface area contributed by atoms with E-state index in [-0.39, 0.29) is 0 Å². The van der Waals surface area contributed by atoms with Crippen LogP contribution in [0.3, 0.4) is 0 Å². The lowest BCUT2D eigenvalue weighted by molar-refractivity contribution is 0.119. The number of hydrogen-bond acceptors (Lipinski definition) is 0. The minimum Gasteiger partial charge on any atom is -0.0651 e. The van der Waals surface area contributed by atoms with Crippen LogP contribution in [0.1, 0.15) is 51.9 Å². The molecule has 2 rings (SSSR count). The first-order valence-corrected chi connectivity index (χ1v) is 5.40. The van der Waals surface area contributed by atoms with Gasteiger partial charge in [-0.1, -0.05) is 39.0 Å². The molecule has 0 aromatic heterocycles. The van der Waals surface area contributed by atoms with Crippen LogP contribution >= 0.6 is 0 Å². The Kier molecular flexibility index (Phi) is 2.20. The largest absolute Gasteiger partial charge is 0.0651 e. The smallest absolute Gasteiger partial charge is 0.0383 e. The van der Waals surface area contributed by atoms with Crippen molar-refractivity contribution in [2.75, 3.05) is 0 Å². The van der Waals surface area contributed by atoms with Gasteiger partial charge >= 0.3 is 0 Å². The molecule has 0 amide bonds. The van der Waals surface area contributed by atoms with E-state index >= 15 is 0 Å². The Bertz CT molecular complexity index is 128. The second kappa shape index (κ2) is 3.16. The van der Waals surface area contributed by atoms with Crippen molar-refractivity contribution in [3.8, 4) is 0 Å². The van der Waals surface area contributed by atoms with Crippen molar-refractivity contribution in [3.63, 3.8) is 0 Å². The summed E-state index contributed by atoms with van der Waals surface area (Å²) in [5, 5.41) is 0. The molecule has 0 aromatic carbocycles. The van der Waals surface area contributed by atoms with Crippen molar-refractivity contribution < 1.29 is 0 Å². The molecule has 0 radical (unpaired) electrons. The zero-order chi connectivity index (χ0) is 7.68. The van der Waals surface area contributed by atoms with Crippen molar-refractivity contribution in [3.05, 3.63) is 0 Å². The van der Waals surface area contributed by atoms with E-state index in [9.17, 15) is 0 Å². The maximum absolute atomic E-state index is 2.37. The summed E-state index contributed by atoms with van der Waals surface area (Å²) in [5.41, 5.74) is 0. The highest BCUT2D eigenvalue weighted by Gasteiger charge is 2.31. The van der Waals surface area contributed by atoms with Gasteiger partial charge in [0, 0.05) is 0 Å². The minimum atomic E-state index is 1.10. The average molecular weight is 152 g/mol. The predicted octanol–water partition coefficient (Wildman–Crippen LogP) is 3.61. The van der Waals surface area contributed by atoms with Gasteiger partial charge in [0.2, 0.25) is 0 Å². The standard InChI is InChI=1S/C11H20/c1-2-10-7-6-9-4-3-5-11(10)8-9/h9-11H,2-8H2,1H3/t9-,10?,11-/m1/s1. The van der Waals surface area contributed by atoms with Crippen molar-refractivity contribution in [2.45, 2.75) is 51.9 Å². The Morgan fingerprint density at radius 3 is 2.82 bits per heavy atom. The second-order valence-electron chi connectivity index (χ2n) is 4.54. The summed E-state index contributed by atoms with van der Waals surface area (Å²) in [4.78, 5) is 0. The van der Waals surface area contributed by atoms with Crippen molar-refractivity contribution in [1.29, 1.82) is 0 Å². The van der Waals surface area contributed by atoms with Crippen molar-refractivity contribution in [1.82, 2.24) is 0 Å². The third-order valence-electron chi connectivity index (χ3n) is 3.96. The molecule has 2 aliphatic rings. The molecule has 2 aliphatic carbocycles. The zero-order valence-corrected chi connectivity index (χ0v) is 7.68. The fourth-order valence-electron chi connectivity index (χ4n) is 3.25. The van der Waals surface area contributed by atoms with Gasteiger partial charge in [0.1, 0.15) is 0 Å². The van der Waals surface area contributed by atoms with Gasteiger partial charge in [0.25, 0.3) is 0 Å². The monoisotopic (exact) mass is 152 g/mol. The van der Waals surface area contributed by atoms with Gasteiger partial charge in [-0.15, -0.1) is 0 Å². The lowest BCUT2D eigenvalue weighted by atomic mass is 9.66. The van der Waals surface area contributed by atoms with E-state index in [2.05, 4.69) is 6.92 Å². The summed E-state index contributed by atoms with van der Waals surface area (Å²) < 4.78 is 0. The number of hydrogen-bond donors (Lipinski definition) is 0. The SMILES string of the molecule is CCC1CC[C@H]2CCC[C@@H]1C2. The molecule has 3 atom stereocenters. The lowest BCUT2D eigenvalue weighted by Gasteiger charge is -2.40. The van der Waals surface area contributed by atoms with Crippen LogP contribution in [0, 0.1) is 17.8 Å². The van der Waals surface area contributed by atoms with Gasteiger partial charge in [-0.05, 0) is 30.6 Å². The summed E-state index contributed by atoms with van der Waals surface area (Å²) in [6.45, 7) is 2.37. The third-order valence-corrected chi connectivity index (χ3v) is 3.96. The highest BCUT2D eigenvalue weighted by Crippen LogP contribution is 2.44. The normalized spacial score (nSPS) is 43.9. The molecule has 2 saturated carbocycles. The van der Waals surface area contributed by atoms with E-state index in [0.29, 0.717) is 0 Å². The summed E-state index contributed by atoms with van der Waals surface area (Å²) >= 11 is 0. The molecule has 0 saturated heterocycles. The molecular formula is C11H20. The maximum atomic E-state index is 2.37. The molecule has 0 spiro atoms. The van der Waals surface area contributed by atoms with E-state index in [4.69, 9.17) is 0 Å². The summed E-state index contributed by atoms with van der Waals surface area (Å²) in [7, 11) is 0. The first-order chi connectivity index (χ1) is 5.40. The molecule has 0 N–H and O–H groups in total. The van der Waals surface area contributed by atoms with Crippen LogP contribution < -0.4 is 0 Å². The van der Waals surface area contributed by atoms with Gasteiger partial charge in [-0.2, -0.15) is 0 Å². The first-order valence-electron chi connectivity index (χ1n) is 5.40. The Labute approximate surface area is 70.4 Å². The highest BCUT2D eigenvalue weighted by molar-refractivity contribution is 4.83. The average Bonchev–Trinajstić information content (AvgIpc) is 2.06. The van der Waals surface area contributed by atoms with Gasteiger partial charge in [-0.3, -0.25) is 0 Å². The maximum Gasteiger partial charge on any atom is -0.0383 e. The van der Waals surface area contributed by atoms with Crippen LogP contribution in [0.2, 0.25) is 0 Å².